The maximum Gasteiger partial charge on any atom is 0.312 e. The van der Waals surface area contributed by atoms with Gasteiger partial charge >= 0.3 is 12.0 Å². The zero-order valence-corrected chi connectivity index (χ0v) is 56.7. The lowest BCUT2D eigenvalue weighted by Crippen LogP contribution is -2.54. The lowest BCUT2D eigenvalue weighted by Gasteiger charge is -2.41. The monoisotopic (exact) mass is 1290 g/mol. The molecule has 91 heavy (non-hydrogen) atoms. The number of rotatable bonds is 41. The molecule has 2 aromatic rings. The first-order valence-corrected chi connectivity index (χ1v) is 33.7. The van der Waals surface area contributed by atoms with E-state index in [-0.39, 0.29) is 136 Å². The Morgan fingerprint density at radius 1 is 0.835 bits per heavy atom. The zero-order chi connectivity index (χ0) is 67.2. The molecule has 3 aliphatic rings. The van der Waals surface area contributed by atoms with E-state index < -0.39 is 77.7 Å². The first-order chi connectivity index (χ1) is 43.2. The number of hydrogen-bond donors (Lipinski definition) is 6. The summed E-state index contributed by atoms with van der Waals surface area (Å²) >= 11 is 1.45. The number of anilines is 1. The fraction of sp³-hybridized carbons (Fsp3) is 0.716. The minimum atomic E-state index is -1.08. The molecule has 1 aromatic heterocycles. The standard InChI is InChI=1S/C67H105N9O14S/c1-13-41(6)60(75(10)65(84)50(39(2)3)37-54(79)61-45-20-23-49(34-45)74(61)9)55(88-11)38-58(82)76-28-15-17-51(76)62(89-12)43(8)52(77)36-47(64-70-27-31-91-64)33-44-18-21-48(22-19-44)72-63(83)46(16-14-25-71-67(68)87)35-53(78)59(40(4)5)73-56(80)24-29-90-30-26-69-57(81)32-42(7)66(85)86/h18-19,21-22,27,31,39-43,45-47,49-51,55,59-62H,13-17,20,23-26,28-30,32-38H2,1-12H3,(H,69,81)(H,72,83)(H,73,80)(H,85,86)(H3,68,71,87)/t41-,42?,43-,45-,46+,47+,49-,50-,51-,55+,59?,60-,61-,62+/m0/s1. The van der Waals surface area contributed by atoms with Crippen LogP contribution in [0.3, 0.4) is 0 Å². The SMILES string of the molecule is CC[C@H](C)[C@@H]([C@@H](CC(=O)N1CCC[C@H]1[C@H](OC)[C@@H](C)C(=O)C[C@@H](Cc1ccc(NC(=O)[C@H](CCCNC(N)=O)CC(=O)C(NC(=O)CCOCCNC(=O)CC(C)C(=O)O)C(C)C)cc1)c1nccs1)OC)N(C)C(=O)[C@@H](CC(=O)[C@@H]1[C@H]2CC[C@@H](C2)N1C)C(C)C. The van der Waals surface area contributed by atoms with Crippen LogP contribution in [0.5, 0.6) is 0 Å². The van der Waals surface area contributed by atoms with Gasteiger partial charge in [0.2, 0.25) is 29.5 Å². The number of carboxylic acids is 1. The number of carbonyl (C=O) groups excluding carboxylic acids is 9. The van der Waals surface area contributed by atoms with Gasteiger partial charge in [-0.15, -0.1) is 11.3 Å². The molecule has 0 spiro atoms. The van der Waals surface area contributed by atoms with E-state index in [2.05, 4.69) is 45.0 Å². The van der Waals surface area contributed by atoms with Crippen LogP contribution in [0.15, 0.2) is 35.8 Å². The fourth-order valence-corrected chi connectivity index (χ4v) is 14.4. The number of hydrogen-bond acceptors (Lipinski definition) is 16. The van der Waals surface area contributed by atoms with Crippen LogP contribution in [0.4, 0.5) is 10.5 Å². The Bertz CT molecular complexity index is 2730. The third kappa shape index (κ3) is 22.0. The summed E-state index contributed by atoms with van der Waals surface area (Å²) in [5.41, 5.74) is 6.63. The molecule has 0 radical (unpaired) electrons. The number of urea groups is 1. The van der Waals surface area contributed by atoms with Crippen molar-refractivity contribution in [3.63, 3.8) is 0 Å². The zero-order valence-electron chi connectivity index (χ0n) is 55.9. The van der Waals surface area contributed by atoms with Gasteiger partial charge in [-0.25, -0.2) is 9.78 Å². The summed E-state index contributed by atoms with van der Waals surface area (Å²) in [6.45, 7) is 15.8. The molecule has 1 aliphatic carbocycles. The van der Waals surface area contributed by atoms with Crippen molar-refractivity contribution in [1.82, 2.24) is 35.6 Å². The molecule has 508 valence electrons. The fourth-order valence-electron chi connectivity index (χ4n) is 13.7. The number of nitrogens with one attached hydrogen (secondary N) is 4. The van der Waals surface area contributed by atoms with Crippen LogP contribution in [-0.2, 0) is 63.8 Å². The van der Waals surface area contributed by atoms with Gasteiger partial charge in [-0.1, -0.05) is 73.9 Å². The molecule has 1 aromatic carbocycles. The third-order valence-corrected chi connectivity index (χ3v) is 20.2. The molecule has 2 saturated heterocycles. The molecule has 2 unspecified atom stereocenters. The highest BCUT2D eigenvalue weighted by Crippen LogP contribution is 2.43. The smallest absolute Gasteiger partial charge is 0.312 e. The number of nitrogens with zero attached hydrogens (tertiary/aromatic N) is 4. The van der Waals surface area contributed by atoms with Crippen molar-refractivity contribution in [2.45, 2.75) is 200 Å². The number of methoxy groups -OCH3 is 2. The summed E-state index contributed by atoms with van der Waals surface area (Å²) < 4.78 is 17.8. The highest BCUT2D eigenvalue weighted by Gasteiger charge is 2.49. The normalized spacial score (nSPS) is 20.6. The largest absolute Gasteiger partial charge is 0.481 e. The summed E-state index contributed by atoms with van der Waals surface area (Å²) in [6.07, 6.45) is 6.59. The lowest BCUT2D eigenvalue weighted by atomic mass is 9.83. The molecular weight excluding hydrogens is 1190 g/mol. The number of amides is 7. The number of Topliss-reactive ketones (excluding diaryl/α,β-unsaturated/α-hetero) is 3. The Hall–Kier alpha value is -6.21. The van der Waals surface area contributed by atoms with Gasteiger partial charge in [-0.3, -0.25) is 48.1 Å². The number of primary amides is 1. The average Bonchev–Trinajstić information content (AvgIpc) is 1.71. The number of ether oxygens (including phenoxy) is 3. The number of ketones is 3. The van der Waals surface area contributed by atoms with Crippen LogP contribution in [0, 0.1) is 47.3 Å². The lowest BCUT2D eigenvalue weighted by molar-refractivity contribution is -0.149. The summed E-state index contributed by atoms with van der Waals surface area (Å²) in [4.78, 5) is 144. The number of piperidine rings is 1. The van der Waals surface area contributed by atoms with E-state index in [9.17, 15) is 47.9 Å². The number of carbonyl (C=O) groups is 10. The quantitative estimate of drug-likeness (QED) is 0.0373. The van der Waals surface area contributed by atoms with Gasteiger partial charge in [0.15, 0.2) is 11.6 Å². The number of likely N-dealkylation sites (N-methyl/N-ethyl adjacent to an activating group) is 2. The number of benzene rings is 1. The number of thiazole rings is 1. The molecule has 23 nitrogen and oxygen atoms in total. The van der Waals surface area contributed by atoms with E-state index in [1.165, 1.54) is 18.3 Å². The number of likely N-dealkylation sites (tertiary alicyclic amines) is 2. The molecule has 5 rings (SSSR count). The van der Waals surface area contributed by atoms with Crippen LogP contribution in [0.25, 0.3) is 0 Å². The van der Waals surface area contributed by atoms with Crippen LogP contribution < -0.4 is 27.0 Å². The second-order valence-electron chi connectivity index (χ2n) is 26.3. The van der Waals surface area contributed by atoms with Crippen molar-refractivity contribution in [3.8, 4) is 0 Å². The predicted molar refractivity (Wildman–Crippen MR) is 347 cm³/mol. The topological polar surface area (TPSA) is 315 Å². The van der Waals surface area contributed by atoms with Crippen molar-refractivity contribution in [1.29, 1.82) is 0 Å². The van der Waals surface area contributed by atoms with Gasteiger partial charge in [0.25, 0.3) is 0 Å². The highest BCUT2D eigenvalue weighted by atomic mass is 32.1. The molecule has 7 N–H and O–H groups in total. The van der Waals surface area contributed by atoms with E-state index in [4.69, 9.17) is 25.1 Å². The number of nitrogens with two attached hydrogens (primary N) is 1. The number of aromatic nitrogens is 1. The Kier molecular flexibility index (Phi) is 30.6. The number of fused-ring (bicyclic) bond motifs is 2. The number of carboxylic acid groups (broad SMARTS) is 1. The second-order valence-corrected chi connectivity index (χ2v) is 27.2. The van der Waals surface area contributed by atoms with E-state index in [1.54, 1.807) is 58.3 Å². The first-order valence-electron chi connectivity index (χ1n) is 32.8. The van der Waals surface area contributed by atoms with Crippen LogP contribution in [-0.4, -0.2) is 187 Å². The molecule has 3 fully saturated rings. The van der Waals surface area contributed by atoms with Crippen molar-refractivity contribution in [2.75, 3.05) is 66.5 Å². The van der Waals surface area contributed by atoms with E-state index in [0.717, 1.165) is 42.7 Å². The highest BCUT2D eigenvalue weighted by molar-refractivity contribution is 7.09. The van der Waals surface area contributed by atoms with Crippen molar-refractivity contribution in [3.05, 3.63) is 46.4 Å². The van der Waals surface area contributed by atoms with E-state index in [1.807, 2.05) is 50.2 Å². The Morgan fingerprint density at radius 2 is 1.55 bits per heavy atom. The summed E-state index contributed by atoms with van der Waals surface area (Å²) in [5, 5.41) is 22.5. The van der Waals surface area contributed by atoms with Crippen molar-refractivity contribution < 1.29 is 67.3 Å². The molecular formula is C67H105N9O14S. The molecule has 24 heteroatoms. The molecule has 3 heterocycles. The van der Waals surface area contributed by atoms with Gasteiger partial charge in [-0.05, 0) is 99.8 Å². The van der Waals surface area contributed by atoms with Crippen molar-refractivity contribution >= 4 is 75.9 Å². The van der Waals surface area contributed by atoms with Gasteiger partial charge < -0.3 is 56.1 Å². The molecule has 2 bridgehead atoms. The molecule has 14 atom stereocenters. The van der Waals surface area contributed by atoms with Gasteiger partial charge in [0, 0.05) is 120 Å². The first kappa shape index (κ1) is 75.5. The predicted octanol–water partition coefficient (Wildman–Crippen LogP) is 6.80. The van der Waals surface area contributed by atoms with Crippen LogP contribution in [0.2, 0.25) is 0 Å². The Balaban J connectivity index is 1.20. The Morgan fingerprint density at radius 3 is 2.14 bits per heavy atom. The second kappa shape index (κ2) is 36.9. The van der Waals surface area contributed by atoms with E-state index >= 15 is 0 Å². The molecule has 1 saturated carbocycles. The maximum absolute atomic E-state index is 14.7. The van der Waals surface area contributed by atoms with Crippen LogP contribution in [0.1, 0.15) is 162 Å². The third-order valence-electron chi connectivity index (χ3n) is 19.2. The molecule has 7 amide bonds. The van der Waals surface area contributed by atoms with Gasteiger partial charge in [0.1, 0.15) is 5.78 Å². The Labute approximate surface area is 542 Å². The average molecular weight is 1290 g/mol. The molecule has 2 aliphatic heterocycles. The van der Waals surface area contributed by atoms with Crippen LogP contribution >= 0.6 is 11.3 Å². The minimum absolute atomic E-state index is 0.000953. The van der Waals surface area contributed by atoms with Crippen molar-refractivity contribution in [2.24, 2.45) is 53.1 Å². The van der Waals surface area contributed by atoms with Gasteiger partial charge in [-0.2, -0.15) is 0 Å². The minimum Gasteiger partial charge on any atom is -0.481 e. The summed E-state index contributed by atoms with van der Waals surface area (Å²) in [5.74, 6) is -6.13. The summed E-state index contributed by atoms with van der Waals surface area (Å²) in [7, 11) is 6.98. The van der Waals surface area contributed by atoms with E-state index in [0.29, 0.717) is 43.5 Å². The number of aliphatic carboxylic acids is 1. The van der Waals surface area contributed by atoms with Gasteiger partial charge in [0.05, 0.1) is 66.9 Å². The maximum atomic E-state index is 14.7. The summed E-state index contributed by atoms with van der Waals surface area (Å²) in [6, 6.07) is 5.03.